The Morgan fingerprint density at radius 2 is 1.95 bits per heavy atom. The molecule has 0 aliphatic carbocycles. The van der Waals surface area contributed by atoms with E-state index in [1.54, 1.807) is 12.4 Å². The molecule has 1 N–H and O–H groups in total. The molecule has 1 aromatic carbocycles. The van der Waals surface area contributed by atoms with Gasteiger partial charge in [-0.2, -0.15) is 0 Å². The molecule has 4 nitrogen and oxygen atoms in total. The van der Waals surface area contributed by atoms with Gasteiger partial charge in [-0.15, -0.1) is 0 Å². The lowest BCUT2D eigenvalue weighted by atomic mass is 10.1. The predicted octanol–water partition coefficient (Wildman–Crippen LogP) is 4.23. The van der Waals surface area contributed by atoms with Crippen molar-refractivity contribution in [1.82, 2.24) is 15.3 Å². The fourth-order valence-corrected chi connectivity index (χ4v) is 1.98. The monoisotopic (exact) mass is 349 g/mol. The Morgan fingerprint density at radius 1 is 1.19 bits per heavy atom. The average Bonchev–Trinajstić information content (AvgIpc) is 2.41. The number of hydrogen-bond donors (Lipinski definition) is 1. The summed E-state index contributed by atoms with van der Waals surface area (Å²) in [6.45, 7) is 9.04. The molecule has 0 atom stereocenters. The molecule has 112 valence electrons. The van der Waals surface area contributed by atoms with Crippen molar-refractivity contribution in [3.05, 3.63) is 46.3 Å². The van der Waals surface area contributed by atoms with Gasteiger partial charge in [0.15, 0.2) is 0 Å². The maximum atomic E-state index is 5.77. The predicted molar refractivity (Wildman–Crippen MR) is 87.6 cm³/mol. The van der Waals surface area contributed by atoms with Crippen molar-refractivity contribution < 1.29 is 4.74 Å². The van der Waals surface area contributed by atoms with E-state index in [-0.39, 0.29) is 5.54 Å². The molecule has 2 aromatic rings. The molecule has 0 aliphatic rings. The Labute approximate surface area is 134 Å². The highest BCUT2D eigenvalue weighted by Crippen LogP contribution is 2.26. The molecular formula is C16H20BrN3O. The van der Waals surface area contributed by atoms with Crippen LogP contribution < -0.4 is 10.1 Å². The quantitative estimate of drug-likeness (QED) is 0.897. The Hall–Kier alpha value is -1.46. The topological polar surface area (TPSA) is 47.0 Å². The van der Waals surface area contributed by atoms with Crippen LogP contribution in [0.5, 0.6) is 11.6 Å². The number of hydrogen-bond acceptors (Lipinski definition) is 4. The minimum Gasteiger partial charge on any atom is -0.437 e. The van der Waals surface area contributed by atoms with E-state index < -0.39 is 0 Å². The lowest BCUT2D eigenvalue weighted by Gasteiger charge is -2.19. The lowest BCUT2D eigenvalue weighted by molar-refractivity contribution is 0.418. The molecule has 0 saturated heterocycles. The Morgan fingerprint density at radius 3 is 2.57 bits per heavy atom. The summed E-state index contributed by atoms with van der Waals surface area (Å²) in [5, 5.41) is 3.37. The standard InChI is InChI=1S/C16H20BrN3O/c1-11-5-6-12(17)7-14(11)21-15-10-18-13(8-19-15)9-20-16(2,3)4/h5-8,10,20H,9H2,1-4H3. The second-order valence-electron chi connectivity index (χ2n) is 5.96. The van der Waals surface area contributed by atoms with Gasteiger partial charge in [0.05, 0.1) is 18.1 Å². The molecule has 0 saturated carbocycles. The summed E-state index contributed by atoms with van der Waals surface area (Å²) in [6.07, 6.45) is 3.39. The van der Waals surface area contributed by atoms with Gasteiger partial charge in [0.25, 0.3) is 0 Å². The first-order chi connectivity index (χ1) is 9.83. The summed E-state index contributed by atoms with van der Waals surface area (Å²) < 4.78 is 6.74. The normalized spacial score (nSPS) is 11.5. The molecule has 1 aromatic heterocycles. The number of aryl methyl sites for hydroxylation is 1. The van der Waals surface area contributed by atoms with Crippen LogP contribution in [0.3, 0.4) is 0 Å². The van der Waals surface area contributed by atoms with Gasteiger partial charge in [0, 0.05) is 16.6 Å². The molecule has 1 heterocycles. The number of ether oxygens (including phenoxy) is 1. The van der Waals surface area contributed by atoms with E-state index in [1.807, 2.05) is 25.1 Å². The highest BCUT2D eigenvalue weighted by molar-refractivity contribution is 9.10. The second-order valence-corrected chi connectivity index (χ2v) is 6.88. The van der Waals surface area contributed by atoms with Crippen LogP contribution in [0, 0.1) is 6.92 Å². The van der Waals surface area contributed by atoms with E-state index in [0.717, 1.165) is 21.5 Å². The lowest BCUT2D eigenvalue weighted by Crippen LogP contribution is -2.35. The summed E-state index contributed by atoms with van der Waals surface area (Å²) in [4.78, 5) is 8.67. The van der Waals surface area contributed by atoms with Gasteiger partial charge < -0.3 is 10.1 Å². The van der Waals surface area contributed by atoms with Gasteiger partial charge >= 0.3 is 0 Å². The maximum absolute atomic E-state index is 5.77. The Balaban J connectivity index is 2.04. The van der Waals surface area contributed by atoms with E-state index in [1.165, 1.54) is 0 Å². The fraction of sp³-hybridized carbons (Fsp3) is 0.375. The van der Waals surface area contributed by atoms with Crippen molar-refractivity contribution in [3.63, 3.8) is 0 Å². The highest BCUT2D eigenvalue weighted by Gasteiger charge is 2.09. The minimum atomic E-state index is 0.0598. The third-order valence-corrected chi connectivity index (χ3v) is 3.34. The van der Waals surface area contributed by atoms with E-state index in [2.05, 4.69) is 52.0 Å². The molecule has 0 bridgehead atoms. The Kier molecular flexibility index (Phi) is 4.96. The van der Waals surface area contributed by atoms with Crippen LogP contribution in [0.1, 0.15) is 32.0 Å². The van der Waals surface area contributed by atoms with Crippen LogP contribution in [0.4, 0.5) is 0 Å². The van der Waals surface area contributed by atoms with Crippen LogP contribution in [-0.4, -0.2) is 15.5 Å². The number of nitrogens with one attached hydrogen (secondary N) is 1. The summed E-state index contributed by atoms with van der Waals surface area (Å²) in [7, 11) is 0. The van der Waals surface area contributed by atoms with E-state index >= 15 is 0 Å². The summed E-state index contributed by atoms with van der Waals surface area (Å²) in [6, 6.07) is 5.90. The number of nitrogens with zero attached hydrogens (tertiary/aromatic N) is 2. The van der Waals surface area contributed by atoms with Crippen molar-refractivity contribution in [2.24, 2.45) is 0 Å². The molecule has 2 rings (SSSR count). The summed E-state index contributed by atoms with van der Waals surface area (Å²) >= 11 is 3.44. The molecule has 5 heteroatoms. The first-order valence-corrected chi connectivity index (χ1v) is 7.63. The van der Waals surface area contributed by atoms with Crippen LogP contribution >= 0.6 is 15.9 Å². The maximum Gasteiger partial charge on any atom is 0.237 e. The molecule has 0 fully saturated rings. The molecular weight excluding hydrogens is 330 g/mol. The van der Waals surface area contributed by atoms with Crippen LogP contribution in [0.15, 0.2) is 35.1 Å². The van der Waals surface area contributed by atoms with E-state index in [0.29, 0.717) is 12.4 Å². The van der Waals surface area contributed by atoms with Crippen LogP contribution in [-0.2, 0) is 6.54 Å². The third kappa shape index (κ3) is 5.10. The van der Waals surface area contributed by atoms with Gasteiger partial charge in [-0.25, -0.2) is 4.98 Å². The van der Waals surface area contributed by atoms with Gasteiger partial charge in [-0.1, -0.05) is 22.0 Å². The number of benzene rings is 1. The molecule has 0 spiro atoms. The second kappa shape index (κ2) is 6.54. The van der Waals surface area contributed by atoms with Gasteiger partial charge in [0.1, 0.15) is 5.75 Å². The van der Waals surface area contributed by atoms with Crippen molar-refractivity contribution in [2.75, 3.05) is 0 Å². The average molecular weight is 350 g/mol. The largest absolute Gasteiger partial charge is 0.437 e. The van der Waals surface area contributed by atoms with Crippen molar-refractivity contribution in [3.8, 4) is 11.6 Å². The summed E-state index contributed by atoms with van der Waals surface area (Å²) in [5.41, 5.74) is 2.01. The van der Waals surface area contributed by atoms with Gasteiger partial charge in [-0.05, 0) is 45.4 Å². The first kappa shape index (κ1) is 15.9. The zero-order valence-corrected chi connectivity index (χ0v) is 14.4. The smallest absolute Gasteiger partial charge is 0.237 e. The zero-order valence-electron chi connectivity index (χ0n) is 12.8. The van der Waals surface area contributed by atoms with Crippen molar-refractivity contribution in [2.45, 2.75) is 39.8 Å². The number of aromatic nitrogens is 2. The van der Waals surface area contributed by atoms with E-state index in [4.69, 9.17) is 4.74 Å². The molecule has 21 heavy (non-hydrogen) atoms. The zero-order chi connectivity index (χ0) is 15.5. The fourth-order valence-electron chi connectivity index (χ4n) is 1.64. The third-order valence-electron chi connectivity index (χ3n) is 2.85. The molecule has 0 amide bonds. The number of rotatable bonds is 4. The minimum absolute atomic E-state index is 0.0598. The molecule has 0 unspecified atom stereocenters. The molecule has 0 radical (unpaired) electrons. The number of halogens is 1. The SMILES string of the molecule is Cc1ccc(Br)cc1Oc1cnc(CNC(C)(C)C)cn1. The van der Waals surface area contributed by atoms with Crippen molar-refractivity contribution >= 4 is 15.9 Å². The Bertz CT molecular complexity index is 606. The van der Waals surface area contributed by atoms with E-state index in [9.17, 15) is 0 Å². The van der Waals surface area contributed by atoms with Crippen molar-refractivity contribution in [1.29, 1.82) is 0 Å². The van der Waals surface area contributed by atoms with Gasteiger partial charge in [-0.3, -0.25) is 4.98 Å². The molecule has 0 aliphatic heterocycles. The first-order valence-electron chi connectivity index (χ1n) is 6.83. The van der Waals surface area contributed by atoms with Crippen LogP contribution in [0.25, 0.3) is 0 Å². The van der Waals surface area contributed by atoms with Gasteiger partial charge in [0.2, 0.25) is 5.88 Å². The summed E-state index contributed by atoms with van der Waals surface area (Å²) in [5.74, 6) is 1.27. The van der Waals surface area contributed by atoms with Crippen LogP contribution in [0.2, 0.25) is 0 Å². The highest BCUT2D eigenvalue weighted by atomic mass is 79.9.